The van der Waals surface area contributed by atoms with Crippen LogP contribution in [0, 0.1) is 0 Å². The Bertz CT molecular complexity index is 1680. The summed E-state index contributed by atoms with van der Waals surface area (Å²) >= 11 is 0. The van der Waals surface area contributed by atoms with Gasteiger partial charge in [0.1, 0.15) is 12.7 Å². The number of phosphoric acid groups is 1. The average Bonchev–Trinajstić information content (AvgIpc) is 3.35. The van der Waals surface area contributed by atoms with Gasteiger partial charge in [0.2, 0.25) is 0 Å². The number of aliphatic hydroxyl groups is 1. The summed E-state index contributed by atoms with van der Waals surface area (Å²) in [4.78, 5) is 48.2. The molecule has 3 unspecified atom stereocenters. The number of hydrogen-bond acceptors (Lipinski definition) is 10. The highest BCUT2D eigenvalue weighted by Crippen LogP contribution is 2.43. The Balaban J connectivity index is 4.93. The molecular weight excluding hydrogens is 904 g/mol. The molecule has 0 aliphatic heterocycles. The van der Waals surface area contributed by atoms with Gasteiger partial charge < -0.3 is 24.2 Å². The molecule has 0 aromatic carbocycles. The minimum absolute atomic E-state index is 0.0670. The van der Waals surface area contributed by atoms with E-state index in [1.165, 1.54) is 12.8 Å². The molecule has 0 amide bonds. The largest absolute Gasteiger partial charge is 0.472 e. The van der Waals surface area contributed by atoms with Crippen LogP contribution in [0.5, 0.6) is 0 Å². The predicted molar refractivity (Wildman–Crippen MR) is 288 cm³/mol. The molecule has 0 heterocycles. The number of phosphoric ester groups is 1. The maximum atomic E-state index is 12.8. The van der Waals surface area contributed by atoms with Gasteiger partial charge in [0.05, 0.1) is 26.2 Å². The van der Waals surface area contributed by atoms with Crippen LogP contribution >= 0.6 is 7.82 Å². The van der Waals surface area contributed by atoms with E-state index in [0.717, 1.165) is 96.3 Å². The van der Waals surface area contributed by atoms with Crippen molar-refractivity contribution in [3.05, 3.63) is 134 Å². The third-order valence-corrected chi connectivity index (χ3v) is 11.0. The fourth-order valence-corrected chi connectivity index (χ4v) is 6.94. The lowest BCUT2D eigenvalue weighted by Crippen LogP contribution is -2.30. The summed E-state index contributed by atoms with van der Waals surface area (Å²) in [5.41, 5.74) is 0. The van der Waals surface area contributed by atoms with E-state index >= 15 is 0 Å². The molecular formula is C58H91O11P. The molecule has 11 nitrogen and oxygen atoms in total. The maximum absolute atomic E-state index is 12.8. The Kier molecular flexibility index (Phi) is 47.8. The summed E-state index contributed by atoms with van der Waals surface area (Å²) in [7, 11) is -4.79. The van der Waals surface area contributed by atoms with Crippen molar-refractivity contribution in [3.63, 3.8) is 0 Å². The molecule has 0 spiro atoms. The van der Waals surface area contributed by atoms with Crippen molar-refractivity contribution in [2.45, 2.75) is 187 Å². The molecule has 394 valence electrons. The van der Waals surface area contributed by atoms with Gasteiger partial charge in [0.25, 0.3) is 0 Å². The minimum Gasteiger partial charge on any atom is -0.462 e. The molecule has 0 aliphatic rings. The summed E-state index contributed by atoms with van der Waals surface area (Å²) in [6, 6.07) is 0. The third-order valence-electron chi connectivity index (χ3n) is 10.1. The van der Waals surface area contributed by atoms with E-state index in [1.54, 1.807) is 6.08 Å². The molecule has 0 aromatic rings. The molecule has 12 heteroatoms. The van der Waals surface area contributed by atoms with Gasteiger partial charge in [-0.15, -0.1) is 0 Å². The maximum Gasteiger partial charge on any atom is 0.472 e. The van der Waals surface area contributed by atoms with E-state index in [1.807, 2.05) is 30.4 Å². The highest BCUT2D eigenvalue weighted by atomic mass is 31.2. The highest BCUT2D eigenvalue weighted by Gasteiger charge is 2.28. The Labute approximate surface area is 423 Å². The SMILES string of the molecule is CC/C=C\C/C=C\C/C=C\C/C=C\C/C=C\CCCC(=O)OC(COC(=O)CCCCCCC/C=C\CCCC)COP(=O)(O)OCC(CO)OC(=O)C/C=C\C/C=C\C/C=C\C/C=C\C/C=C\CC. The van der Waals surface area contributed by atoms with Gasteiger partial charge in [-0.05, 0) is 103 Å². The lowest BCUT2D eigenvalue weighted by Gasteiger charge is -2.21. The first kappa shape index (κ1) is 65.6. The topological polar surface area (TPSA) is 155 Å². The van der Waals surface area contributed by atoms with Crippen LogP contribution in [0.2, 0.25) is 0 Å². The number of carbonyl (C=O) groups excluding carboxylic acids is 3. The zero-order valence-corrected chi connectivity index (χ0v) is 44.1. The van der Waals surface area contributed by atoms with Crippen LogP contribution in [0.1, 0.15) is 175 Å². The number of rotatable bonds is 46. The van der Waals surface area contributed by atoms with Crippen LogP contribution in [0.25, 0.3) is 0 Å². The van der Waals surface area contributed by atoms with Crippen molar-refractivity contribution in [2.24, 2.45) is 0 Å². The number of aliphatic hydroxyl groups excluding tert-OH is 1. The first-order valence-corrected chi connectivity index (χ1v) is 27.6. The van der Waals surface area contributed by atoms with Crippen molar-refractivity contribution in [1.29, 1.82) is 0 Å². The number of unbranched alkanes of at least 4 members (excludes halogenated alkanes) is 8. The fraction of sp³-hybridized carbons (Fsp3) is 0.569. The number of ether oxygens (including phenoxy) is 3. The van der Waals surface area contributed by atoms with Gasteiger partial charge in [-0.3, -0.25) is 23.4 Å². The second-order valence-electron chi connectivity index (χ2n) is 16.6. The van der Waals surface area contributed by atoms with E-state index < -0.39 is 57.8 Å². The number of allylic oxidation sites excluding steroid dienone is 21. The van der Waals surface area contributed by atoms with Crippen molar-refractivity contribution in [2.75, 3.05) is 26.4 Å². The van der Waals surface area contributed by atoms with Gasteiger partial charge in [-0.25, -0.2) is 4.57 Å². The smallest absolute Gasteiger partial charge is 0.462 e. The lowest BCUT2D eigenvalue weighted by molar-refractivity contribution is -0.161. The van der Waals surface area contributed by atoms with E-state index in [9.17, 15) is 28.9 Å². The Morgan fingerprint density at radius 3 is 1.31 bits per heavy atom. The molecule has 2 N–H and O–H groups in total. The second-order valence-corrected chi connectivity index (χ2v) is 18.0. The molecule has 70 heavy (non-hydrogen) atoms. The molecule has 0 fully saturated rings. The molecule has 0 aliphatic carbocycles. The zero-order valence-electron chi connectivity index (χ0n) is 43.2. The van der Waals surface area contributed by atoms with Gasteiger partial charge in [0.15, 0.2) is 6.10 Å². The normalized spacial score (nSPS) is 14.5. The van der Waals surface area contributed by atoms with Crippen LogP contribution in [-0.2, 0) is 42.2 Å². The standard InChI is InChI=1S/C58H91O11P/c1-4-7-10-13-16-19-22-24-26-27-29-31-34-37-40-43-46-49-58(62)69-55(51-65-56(60)47-44-41-38-35-32-21-18-15-12-9-6-3)53-67-70(63,64)66-52-54(50-59)68-57(61)48-45-42-39-36-33-30-28-25-23-20-17-14-11-8-5-2/h7-8,10-11,15-20,24-26,28-29,31,33,36-37,40,42,45,54-55,59H,4-6,9,12-14,21-23,27,30,32,34-35,38-39,41,43-44,46-53H2,1-3H3,(H,63,64)/b10-7-,11-8-,18-15-,19-16-,20-17-,26-24-,28-25-,31-29-,36-33-,40-37-,45-42-. The van der Waals surface area contributed by atoms with Crippen LogP contribution in [-0.4, -0.2) is 66.5 Å². The quantitative estimate of drug-likeness (QED) is 0.0197. The lowest BCUT2D eigenvalue weighted by atomic mass is 10.1. The van der Waals surface area contributed by atoms with Gasteiger partial charge in [-0.1, -0.05) is 187 Å². The van der Waals surface area contributed by atoms with Gasteiger partial charge in [-0.2, -0.15) is 0 Å². The van der Waals surface area contributed by atoms with E-state index in [2.05, 4.69) is 118 Å². The minimum atomic E-state index is -4.79. The average molecular weight is 995 g/mol. The summed E-state index contributed by atoms with van der Waals surface area (Å²) in [5, 5.41) is 9.76. The highest BCUT2D eigenvalue weighted by molar-refractivity contribution is 7.47. The van der Waals surface area contributed by atoms with Crippen molar-refractivity contribution in [3.8, 4) is 0 Å². The Morgan fingerprint density at radius 2 is 0.814 bits per heavy atom. The first-order chi connectivity index (χ1) is 34.2. The van der Waals surface area contributed by atoms with Crippen molar-refractivity contribution < 1.29 is 52.2 Å². The predicted octanol–water partition coefficient (Wildman–Crippen LogP) is 15.0. The van der Waals surface area contributed by atoms with Gasteiger partial charge >= 0.3 is 25.7 Å². The van der Waals surface area contributed by atoms with Crippen molar-refractivity contribution in [1.82, 2.24) is 0 Å². The van der Waals surface area contributed by atoms with Crippen LogP contribution in [0.3, 0.4) is 0 Å². The molecule has 0 rings (SSSR count). The van der Waals surface area contributed by atoms with E-state index in [-0.39, 0.29) is 25.9 Å². The molecule has 0 radical (unpaired) electrons. The number of carbonyl (C=O) groups is 3. The Hall–Kier alpha value is -4.38. The number of esters is 3. The Morgan fingerprint density at radius 1 is 0.429 bits per heavy atom. The molecule has 0 aromatic heterocycles. The monoisotopic (exact) mass is 995 g/mol. The zero-order chi connectivity index (χ0) is 51.3. The summed E-state index contributed by atoms with van der Waals surface area (Å²) in [6.07, 6.45) is 63.2. The van der Waals surface area contributed by atoms with Crippen LogP contribution in [0.15, 0.2) is 134 Å². The van der Waals surface area contributed by atoms with E-state index in [4.69, 9.17) is 23.3 Å². The second kappa shape index (κ2) is 51.0. The molecule has 0 bridgehead atoms. The van der Waals surface area contributed by atoms with Crippen LogP contribution < -0.4 is 0 Å². The van der Waals surface area contributed by atoms with Crippen molar-refractivity contribution >= 4 is 25.7 Å². The first-order valence-electron chi connectivity index (χ1n) is 26.1. The fourth-order valence-electron chi connectivity index (χ4n) is 6.15. The third kappa shape index (κ3) is 48.6. The summed E-state index contributed by atoms with van der Waals surface area (Å²) in [6.45, 7) is 4.14. The number of hydrogen-bond donors (Lipinski definition) is 2. The van der Waals surface area contributed by atoms with Crippen LogP contribution in [0.4, 0.5) is 0 Å². The molecule has 0 saturated carbocycles. The van der Waals surface area contributed by atoms with Gasteiger partial charge in [0, 0.05) is 12.8 Å². The van der Waals surface area contributed by atoms with E-state index in [0.29, 0.717) is 25.7 Å². The molecule has 3 atom stereocenters. The summed E-state index contributed by atoms with van der Waals surface area (Å²) < 4.78 is 39.2. The molecule has 0 saturated heterocycles. The summed E-state index contributed by atoms with van der Waals surface area (Å²) in [5.74, 6) is -1.71.